The van der Waals surface area contributed by atoms with Gasteiger partial charge in [-0.25, -0.2) is 0 Å². The molecule has 1 atom stereocenters. The molecule has 0 fully saturated rings. The summed E-state index contributed by atoms with van der Waals surface area (Å²) in [5.74, 6) is 0.0584. The van der Waals surface area contributed by atoms with E-state index in [9.17, 15) is 4.79 Å². The Hall–Kier alpha value is -0.940. The molecular weight excluding hydrogens is 167 g/mol. The Morgan fingerprint density at radius 3 is 2.42 bits per heavy atom. The second kappa shape index (κ2) is 4.18. The van der Waals surface area contributed by atoms with Crippen LogP contribution in [-0.4, -0.2) is 5.78 Å². The van der Waals surface area contributed by atoms with Crippen LogP contribution < -0.4 is 0 Å². The number of ketones is 1. The third-order valence-corrected chi connectivity index (χ3v) is 1.58. The number of rotatable bonds is 2. The van der Waals surface area contributed by atoms with E-state index in [4.69, 9.17) is 0 Å². The van der Waals surface area contributed by atoms with Gasteiger partial charge in [-0.05, 0) is 13.0 Å². The van der Waals surface area contributed by atoms with Gasteiger partial charge in [0, 0.05) is 5.56 Å². The summed E-state index contributed by atoms with van der Waals surface area (Å²) in [4.78, 5) is 11.4. The van der Waals surface area contributed by atoms with Crippen molar-refractivity contribution in [3.63, 3.8) is 0 Å². The average Bonchev–Trinajstić information content (AvgIpc) is 2.05. The zero-order valence-corrected chi connectivity index (χ0v) is 8.10. The second-order valence-electron chi connectivity index (χ2n) is 2.62. The predicted molar refractivity (Wildman–Crippen MR) is 54.2 cm³/mol. The lowest BCUT2D eigenvalue weighted by molar-refractivity contribution is 0.104. The summed E-state index contributed by atoms with van der Waals surface area (Å²) < 4.78 is 0. The van der Waals surface area contributed by atoms with Crippen molar-refractivity contribution in [2.24, 2.45) is 0 Å². The van der Waals surface area contributed by atoms with E-state index in [2.05, 4.69) is 9.24 Å². The molecule has 0 radical (unpaired) electrons. The van der Waals surface area contributed by atoms with Gasteiger partial charge in [-0.3, -0.25) is 4.79 Å². The number of benzene rings is 1. The molecule has 0 spiro atoms. The fourth-order valence-corrected chi connectivity index (χ4v) is 1.04. The molecule has 1 unspecified atom stereocenters. The third kappa shape index (κ3) is 2.60. The molecule has 0 saturated carbocycles. The Morgan fingerprint density at radius 2 is 1.92 bits per heavy atom. The molecule has 0 aliphatic rings. The first-order valence-electron chi connectivity index (χ1n) is 3.73. The normalized spacial score (nSPS) is 11.3. The largest absolute Gasteiger partial charge is 0.289 e. The van der Waals surface area contributed by atoms with E-state index in [-0.39, 0.29) is 5.78 Å². The number of hydrogen-bond donors (Lipinski definition) is 0. The van der Waals surface area contributed by atoms with E-state index < -0.39 is 0 Å². The summed E-state index contributed by atoms with van der Waals surface area (Å²) in [5, 5.41) is 0.948. The van der Waals surface area contributed by atoms with Crippen molar-refractivity contribution in [3.05, 3.63) is 47.3 Å². The maximum Gasteiger partial charge on any atom is 0.186 e. The van der Waals surface area contributed by atoms with Gasteiger partial charge in [0.15, 0.2) is 5.78 Å². The van der Waals surface area contributed by atoms with E-state index >= 15 is 0 Å². The summed E-state index contributed by atoms with van der Waals surface area (Å²) >= 11 is 0. The summed E-state index contributed by atoms with van der Waals surface area (Å²) in [7, 11) is 2.49. The first kappa shape index (κ1) is 9.15. The summed E-state index contributed by atoms with van der Waals surface area (Å²) in [6.45, 7) is 1.88. The highest BCUT2D eigenvalue weighted by Crippen LogP contribution is 2.07. The molecule has 0 saturated heterocycles. The lowest BCUT2D eigenvalue weighted by Gasteiger charge is -1.94. The van der Waals surface area contributed by atoms with Gasteiger partial charge in [-0.2, -0.15) is 0 Å². The van der Waals surface area contributed by atoms with Crippen molar-refractivity contribution >= 4 is 15.0 Å². The van der Waals surface area contributed by atoms with Gasteiger partial charge in [0.25, 0.3) is 0 Å². The highest BCUT2D eigenvalue weighted by Gasteiger charge is 1.98. The topological polar surface area (TPSA) is 17.1 Å². The van der Waals surface area contributed by atoms with Crippen LogP contribution in [0.25, 0.3) is 0 Å². The second-order valence-corrected chi connectivity index (χ2v) is 3.53. The van der Waals surface area contributed by atoms with Crippen LogP contribution in [0.3, 0.4) is 0 Å². The SMILES string of the molecule is C/C(P)=C/C(=O)c1ccccc1. The van der Waals surface area contributed by atoms with Gasteiger partial charge >= 0.3 is 0 Å². The van der Waals surface area contributed by atoms with Crippen LogP contribution in [0.1, 0.15) is 17.3 Å². The zero-order chi connectivity index (χ0) is 8.97. The highest BCUT2D eigenvalue weighted by molar-refractivity contribution is 7.22. The Balaban J connectivity index is 2.87. The van der Waals surface area contributed by atoms with Crippen LogP contribution in [0.2, 0.25) is 0 Å². The lowest BCUT2D eigenvalue weighted by Crippen LogP contribution is -1.92. The molecule has 62 valence electrons. The van der Waals surface area contributed by atoms with E-state index in [1.807, 2.05) is 37.3 Å². The van der Waals surface area contributed by atoms with Crippen LogP contribution in [-0.2, 0) is 0 Å². The average molecular weight is 178 g/mol. The maximum absolute atomic E-state index is 11.4. The first-order valence-corrected chi connectivity index (χ1v) is 4.31. The van der Waals surface area contributed by atoms with Crippen molar-refractivity contribution in [2.75, 3.05) is 0 Å². The van der Waals surface area contributed by atoms with Crippen LogP contribution in [0.15, 0.2) is 41.7 Å². The molecular formula is C10H11OP. The first-order chi connectivity index (χ1) is 5.70. The Bertz CT molecular complexity index is 297. The highest BCUT2D eigenvalue weighted by atomic mass is 31.0. The van der Waals surface area contributed by atoms with Gasteiger partial charge in [0.1, 0.15) is 0 Å². The molecule has 1 aromatic rings. The van der Waals surface area contributed by atoms with Gasteiger partial charge in [-0.1, -0.05) is 35.6 Å². The van der Waals surface area contributed by atoms with Crippen molar-refractivity contribution in [2.45, 2.75) is 6.92 Å². The van der Waals surface area contributed by atoms with Crippen molar-refractivity contribution < 1.29 is 4.79 Å². The molecule has 0 aliphatic carbocycles. The zero-order valence-electron chi connectivity index (χ0n) is 6.95. The van der Waals surface area contributed by atoms with Crippen molar-refractivity contribution in [3.8, 4) is 0 Å². The fraction of sp³-hybridized carbons (Fsp3) is 0.100. The molecule has 0 aromatic heterocycles. The molecule has 12 heavy (non-hydrogen) atoms. The Morgan fingerprint density at radius 1 is 1.33 bits per heavy atom. The lowest BCUT2D eigenvalue weighted by atomic mass is 10.1. The number of allylic oxidation sites excluding steroid dienone is 2. The van der Waals surface area contributed by atoms with E-state index in [1.165, 1.54) is 0 Å². The third-order valence-electron chi connectivity index (χ3n) is 1.42. The van der Waals surface area contributed by atoms with Crippen molar-refractivity contribution in [1.82, 2.24) is 0 Å². The van der Waals surface area contributed by atoms with Gasteiger partial charge in [0.2, 0.25) is 0 Å². The van der Waals surface area contributed by atoms with Crippen LogP contribution in [0.4, 0.5) is 0 Å². The van der Waals surface area contributed by atoms with Crippen LogP contribution in [0, 0.1) is 0 Å². The minimum atomic E-state index is 0.0584. The fourth-order valence-electron chi connectivity index (χ4n) is 0.893. The minimum absolute atomic E-state index is 0.0584. The standard InChI is InChI=1S/C10H11OP/c1-8(12)7-10(11)9-5-3-2-4-6-9/h2-7H,12H2,1H3/b8-7-. The van der Waals surface area contributed by atoms with Crippen LogP contribution in [0.5, 0.6) is 0 Å². The Labute approximate surface area is 74.7 Å². The van der Waals surface area contributed by atoms with E-state index in [0.29, 0.717) is 0 Å². The summed E-state index contributed by atoms with van der Waals surface area (Å²) in [6, 6.07) is 9.24. The Kier molecular flexibility index (Phi) is 3.19. The van der Waals surface area contributed by atoms with E-state index in [1.54, 1.807) is 6.08 Å². The monoisotopic (exact) mass is 178 g/mol. The molecule has 0 heterocycles. The number of hydrogen-bond acceptors (Lipinski definition) is 1. The van der Waals surface area contributed by atoms with Gasteiger partial charge < -0.3 is 0 Å². The van der Waals surface area contributed by atoms with Crippen molar-refractivity contribution in [1.29, 1.82) is 0 Å². The van der Waals surface area contributed by atoms with E-state index in [0.717, 1.165) is 10.9 Å². The van der Waals surface area contributed by atoms with Gasteiger partial charge in [0.05, 0.1) is 0 Å². The molecule has 1 nitrogen and oxygen atoms in total. The molecule has 0 aliphatic heterocycles. The molecule has 0 amide bonds. The molecule has 1 aromatic carbocycles. The maximum atomic E-state index is 11.4. The summed E-state index contributed by atoms with van der Waals surface area (Å²) in [6.07, 6.45) is 1.61. The van der Waals surface area contributed by atoms with Crippen LogP contribution >= 0.6 is 9.24 Å². The smallest absolute Gasteiger partial charge is 0.186 e. The molecule has 0 bridgehead atoms. The quantitative estimate of drug-likeness (QED) is 0.386. The molecule has 2 heteroatoms. The minimum Gasteiger partial charge on any atom is -0.289 e. The summed E-state index contributed by atoms with van der Waals surface area (Å²) in [5.41, 5.74) is 0.735. The predicted octanol–water partition coefficient (Wildman–Crippen LogP) is 2.65. The van der Waals surface area contributed by atoms with Gasteiger partial charge in [-0.15, -0.1) is 9.24 Å². The molecule has 1 rings (SSSR count). The number of carbonyl (C=O) groups is 1. The molecule has 0 N–H and O–H groups in total. The number of carbonyl (C=O) groups excluding carboxylic acids is 1.